The van der Waals surface area contributed by atoms with Gasteiger partial charge in [-0.05, 0) is 61.9 Å². The van der Waals surface area contributed by atoms with E-state index in [0.29, 0.717) is 22.9 Å². The number of benzene rings is 6. The number of hydrogen-bond acceptors (Lipinski definition) is 10. The number of ether oxygens (including phenoxy) is 2. The summed E-state index contributed by atoms with van der Waals surface area (Å²) in [6.07, 6.45) is 6.64. The maximum absolute atomic E-state index is 5.82. The van der Waals surface area contributed by atoms with Crippen LogP contribution in [0.1, 0.15) is 0 Å². The van der Waals surface area contributed by atoms with Crippen molar-refractivity contribution in [1.82, 2.24) is 9.97 Å². The van der Waals surface area contributed by atoms with Crippen molar-refractivity contribution in [2.75, 3.05) is 40.5 Å². The van der Waals surface area contributed by atoms with Crippen molar-refractivity contribution in [3.05, 3.63) is 230 Å². The van der Waals surface area contributed by atoms with Gasteiger partial charge in [0.1, 0.15) is 23.1 Å². The monoisotopic (exact) mass is 1240 g/mol. The summed E-state index contributed by atoms with van der Waals surface area (Å²) in [4.78, 5) is 25.7. The molecule has 2 aromatic heterocycles. The second-order valence-corrected chi connectivity index (χ2v) is 14.1. The van der Waals surface area contributed by atoms with Crippen LogP contribution in [0.15, 0.2) is 204 Å². The van der Waals surface area contributed by atoms with Crippen LogP contribution in [0.3, 0.4) is 0 Å². The molecule has 0 saturated carbocycles. The van der Waals surface area contributed by atoms with Gasteiger partial charge in [0.2, 0.25) is 6.79 Å². The number of fused-ring (bicyclic) bond motifs is 2. The summed E-state index contributed by atoms with van der Waals surface area (Å²) < 4.78 is 11.6. The Morgan fingerprint density at radius 1 is 0.507 bits per heavy atom. The Labute approximate surface area is 421 Å². The van der Waals surface area contributed by atoms with E-state index in [1.807, 2.05) is 219 Å². The zero-order chi connectivity index (χ0) is 44.5. The van der Waals surface area contributed by atoms with Crippen LogP contribution in [0.5, 0.6) is 11.5 Å². The van der Waals surface area contributed by atoms with Crippen molar-refractivity contribution in [2.24, 2.45) is 9.98 Å². The van der Waals surface area contributed by atoms with Gasteiger partial charge in [-0.2, -0.15) is 74.0 Å². The van der Waals surface area contributed by atoms with E-state index in [1.54, 1.807) is 0 Å². The Morgan fingerprint density at radius 2 is 0.910 bits per heavy atom. The molecule has 2 aliphatic rings. The van der Waals surface area contributed by atoms with Crippen LogP contribution in [-0.4, -0.2) is 43.5 Å². The van der Waals surface area contributed by atoms with Crippen molar-refractivity contribution < 1.29 is 51.6 Å². The maximum Gasteiger partial charge on any atom is 0.230 e. The molecule has 14 heteroatoms. The molecule has 67 heavy (non-hydrogen) atoms. The number of rotatable bonds is 12. The van der Waals surface area contributed by atoms with Gasteiger partial charge >= 0.3 is 0 Å². The van der Waals surface area contributed by atoms with Gasteiger partial charge in [-0.1, -0.05) is 110 Å². The van der Waals surface area contributed by atoms with Crippen LogP contribution in [0.4, 0.5) is 57.1 Å². The van der Waals surface area contributed by atoms with E-state index in [4.69, 9.17) is 9.47 Å². The van der Waals surface area contributed by atoms with Crippen molar-refractivity contribution in [1.29, 1.82) is 0 Å². The molecule has 2 aliphatic heterocycles. The molecule has 0 unspecified atom stereocenters. The zero-order valence-electron chi connectivity index (χ0n) is 36.4. The molecule has 0 amide bonds. The minimum absolute atomic E-state index is 0. The number of pyridine rings is 2. The second-order valence-electron chi connectivity index (χ2n) is 14.1. The van der Waals surface area contributed by atoms with E-state index < -0.39 is 0 Å². The number of para-hydroxylation sites is 8. The fourth-order valence-electron chi connectivity index (χ4n) is 6.57. The SMILES string of the molecule is C(=Nc1ccccc1)[N-]c1ccccc1OCOc1ccccc1[N-]C=Nc1ccccc1.CN1[CH-]N(c2[c-]cccc2)c2ncccc21.CN1[CH-]N(c2[c-]cccc2)c2ncccc21.[Pt].[Pt]. The van der Waals surface area contributed by atoms with Gasteiger partial charge in [-0.3, -0.25) is 0 Å². The van der Waals surface area contributed by atoms with Gasteiger partial charge in [0.15, 0.2) is 0 Å². The van der Waals surface area contributed by atoms with E-state index in [0.717, 1.165) is 45.8 Å². The molecule has 0 aliphatic carbocycles. The minimum atomic E-state index is 0. The van der Waals surface area contributed by atoms with Gasteiger partial charge in [0, 0.05) is 77.3 Å². The zero-order valence-corrected chi connectivity index (χ0v) is 41.0. The predicted octanol–water partition coefficient (Wildman–Crippen LogP) is 13.0. The Bertz CT molecular complexity index is 2580. The second kappa shape index (κ2) is 25.4. The van der Waals surface area contributed by atoms with Crippen LogP contribution < -0.4 is 29.1 Å². The first-order chi connectivity index (χ1) is 32.1. The molecule has 0 saturated heterocycles. The first kappa shape index (κ1) is 49.2. The summed E-state index contributed by atoms with van der Waals surface area (Å²) in [5, 5.41) is 8.81. The molecule has 4 heterocycles. The average molecular weight is 1240 g/mol. The van der Waals surface area contributed by atoms with Crippen LogP contribution in [-0.2, 0) is 42.1 Å². The minimum Gasteiger partial charge on any atom is -0.502 e. The largest absolute Gasteiger partial charge is 0.502 e. The van der Waals surface area contributed by atoms with Crippen molar-refractivity contribution in [3.8, 4) is 11.5 Å². The molecule has 0 atom stereocenters. The quantitative estimate of drug-likeness (QED) is 0.0515. The van der Waals surface area contributed by atoms with E-state index in [2.05, 4.69) is 64.7 Å². The van der Waals surface area contributed by atoms with Crippen LogP contribution >= 0.6 is 0 Å². The Balaban J connectivity index is 0.000000182. The molecule has 0 spiro atoms. The van der Waals surface area contributed by atoms with Crippen molar-refractivity contribution in [2.45, 2.75) is 0 Å². The average Bonchev–Trinajstić information content (AvgIpc) is 3.90. The summed E-state index contributed by atoms with van der Waals surface area (Å²) in [7, 11) is 4.03. The Hall–Kier alpha value is -7.26. The number of hydrogen-bond donors (Lipinski definition) is 0. The summed E-state index contributed by atoms with van der Waals surface area (Å²) in [6, 6.07) is 64.4. The summed E-state index contributed by atoms with van der Waals surface area (Å²) in [5.41, 5.74) is 7.22. The molecular weight excluding hydrogens is 1200 g/mol. The van der Waals surface area contributed by atoms with Gasteiger partial charge in [-0.25, -0.2) is 9.97 Å². The number of aliphatic imine (C=N–C) groups is 2. The normalized spacial score (nSPS) is 12.1. The smallest absolute Gasteiger partial charge is 0.230 e. The van der Waals surface area contributed by atoms with Gasteiger partial charge in [0.25, 0.3) is 0 Å². The molecule has 8 aromatic rings. The molecule has 344 valence electrons. The molecule has 6 aromatic carbocycles. The molecule has 0 N–H and O–H groups in total. The third-order valence-corrected chi connectivity index (χ3v) is 9.71. The third-order valence-electron chi connectivity index (χ3n) is 9.71. The first-order valence-corrected chi connectivity index (χ1v) is 20.7. The van der Waals surface area contributed by atoms with E-state index >= 15 is 0 Å². The van der Waals surface area contributed by atoms with Gasteiger partial charge < -0.3 is 49.7 Å². The summed E-state index contributed by atoms with van der Waals surface area (Å²) >= 11 is 0. The molecule has 12 nitrogen and oxygen atoms in total. The number of anilines is 6. The van der Waals surface area contributed by atoms with E-state index in [-0.39, 0.29) is 48.9 Å². The molecule has 0 bridgehead atoms. The van der Waals surface area contributed by atoms with Gasteiger partial charge in [-0.15, -0.1) is 11.4 Å². The Kier molecular flexibility index (Phi) is 18.7. The summed E-state index contributed by atoms with van der Waals surface area (Å²) in [5.74, 6) is 3.09. The van der Waals surface area contributed by atoms with Crippen LogP contribution in [0.25, 0.3) is 10.6 Å². The van der Waals surface area contributed by atoms with Crippen LogP contribution in [0.2, 0.25) is 0 Å². The number of nitrogens with zero attached hydrogens (tertiary/aromatic N) is 10. The molecule has 0 fully saturated rings. The first-order valence-electron chi connectivity index (χ1n) is 20.7. The van der Waals surface area contributed by atoms with Crippen LogP contribution in [0, 0.1) is 25.5 Å². The van der Waals surface area contributed by atoms with Crippen molar-refractivity contribution in [3.63, 3.8) is 0 Å². The topological polar surface area (TPSA) is 110 Å². The fraction of sp³-hybridized carbons (Fsp3) is 0.0566. The summed E-state index contributed by atoms with van der Waals surface area (Å²) in [6.45, 7) is 4.04. The molecular formula is C53H44N10O2Pt2-6. The van der Waals surface area contributed by atoms with Gasteiger partial charge in [0.05, 0.1) is 0 Å². The predicted molar refractivity (Wildman–Crippen MR) is 263 cm³/mol. The fourth-order valence-corrected chi connectivity index (χ4v) is 6.57. The standard InChI is InChI=1S/C27H22N4O2.2C13H11N3.2Pt/c1-3-11-22(12-4-1)28-19-30-24-15-7-9-17-26(24)32-21-33-27-18-10-8-16-25(27)31-20-29-23-13-5-2-6-14-23;2*1-15-10-16(11-6-3-2-4-7-11)13-12(15)8-5-9-14-13;;/h1-20H,21H2;2*2-6,8-10H,1H3;;/q3*-2;;. The van der Waals surface area contributed by atoms with Crippen molar-refractivity contribution >= 4 is 69.8 Å². The maximum atomic E-state index is 5.82. The molecule has 0 radical (unpaired) electrons. The molecule has 10 rings (SSSR count). The van der Waals surface area contributed by atoms with E-state index in [9.17, 15) is 0 Å². The third kappa shape index (κ3) is 13.4. The van der Waals surface area contributed by atoms with E-state index in [1.165, 1.54) is 12.7 Å². The number of aromatic nitrogens is 2. The Morgan fingerprint density at radius 3 is 1.33 bits per heavy atom.